The minimum absolute atomic E-state index is 0.0890. The highest BCUT2D eigenvalue weighted by molar-refractivity contribution is 8.00. The molecule has 0 spiro atoms. The van der Waals surface area contributed by atoms with Gasteiger partial charge in [-0.2, -0.15) is 0 Å². The molecule has 0 heterocycles. The van der Waals surface area contributed by atoms with Crippen LogP contribution >= 0.6 is 11.8 Å². The largest absolute Gasteiger partial charge is 0.493 e. The van der Waals surface area contributed by atoms with Gasteiger partial charge in [0.15, 0.2) is 11.5 Å². The van der Waals surface area contributed by atoms with Crippen LogP contribution in [0.2, 0.25) is 0 Å². The Morgan fingerprint density at radius 3 is 2.43 bits per heavy atom. The zero-order chi connectivity index (χ0) is 20.4. The summed E-state index contributed by atoms with van der Waals surface area (Å²) in [5.74, 6) is 1.62. The number of amides is 2. The minimum atomic E-state index is -0.117. The fourth-order valence-corrected chi connectivity index (χ4v) is 3.24. The summed E-state index contributed by atoms with van der Waals surface area (Å²) >= 11 is 1.29. The lowest BCUT2D eigenvalue weighted by Crippen LogP contribution is -2.28. The predicted octanol–water partition coefficient (Wildman–Crippen LogP) is 3.04. The molecule has 0 aromatic heterocycles. The first-order valence-corrected chi connectivity index (χ1v) is 10.1. The Bertz CT molecular complexity index is 811. The van der Waals surface area contributed by atoms with Crippen LogP contribution in [0.15, 0.2) is 42.5 Å². The van der Waals surface area contributed by atoms with Gasteiger partial charge in [0.2, 0.25) is 11.8 Å². The van der Waals surface area contributed by atoms with Gasteiger partial charge in [-0.25, -0.2) is 0 Å². The van der Waals surface area contributed by atoms with E-state index in [1.807, 2.05) is 49.4 Å². The average Bonchev–Trinajstić information content (AvgIpc) is 2.67. The summed E-state index contributed by atoms with van der Waals surface area (Å²) in [7, 11) is 3.19. The molecule has 0 aliphatic carbocycles. The van der Waals surface area contributed by atoms with E-state index in [0.29, 0.717) is 24.5 Å². The van der Waals surface area contributed by atoms with Gasteiger partial charge in [-0.05, 0) is 48.7 Å². The summed E-state index contributed by atoms with van der Waals surface area (Å²) in [6, 6.07) is 13.3. The molecule has 0 unspecified atom stereocenters. The van der Waals surface area contributed by atoms with Gasteiger partial charge in [-0.15, -0.1) is 11.8 Å². The topological polar surface area (TPSA) is 76.7 Å². The van der Waals surface area contributed by atoms with Crippen molar-refractivity contribution >= 4 is 29.3 Å². The molecule has 2 aromatic rings. The van der Waals surface area contributed by atoms with Gasteiger partial charge in [0.25, 0.3) is 0 Å². The number of hydrogen-bond donors (Lipinski definition) is 2. The van der Waals surface area contributed by atoms with Crippen molar-refractivity contribution in [3.05, 3.63) is 53.6 Å². The number of carbonyl (C=O) groups excluding carboxylic acids is 2. The summed E-state index contributed by atoms with van der Waals surface area (Å²) in [6.45, 7) is 2.49. The molecule has 0 bridgehead atoms. The van der Waals surface area contributed by atoms with Crippen LogP contribution in [0.4, 0.5) is 5.69 Å². The van der Waals surface area contributed by atoms with Gasteiger partial charge in [-0.3, -0.25) is 9.59 Å². The molecular weight excluding hydrogens is 376 g/mol. The number of ether oxygens (including phenoxy) is 2. The highest BCUT2D eigenvalue weighted by atomic mass is 32.2. The van der Waals surface area contributed by atoms with E-state index in [4.69, 9.17) is 9.47 Å². The van der Waals surface area contributed by atoms with Gasteiger partial charge in [0.05, 0.1) is 25.7 Å². The van der Waals surface area contributed by atoms with Crippen molar-refractivity contribution in [2.75, 3.05) is 37.6 Å². The Balaban J connectivity index is 1.65. The first kappa shape index (κ1) is 21.6. The van der Waals surface area contributed by atoms with Crippen molar-refractivity contribution < 1.29 is 19.1 Å². The van der Waals surface area contributed by atoms with Crippen LogP contribution in [0.25, 0.3) is 0 Å². The van der Waals surface area contributed by atoms with Gasteiger partial charge in [0, 0.05) is 12.2 Å². The molecule has 2 amide bonds. The number of nitrogens with one attached hydrogen (secondary N) is 2. The van der Waals surface area contributed by atoms with E-state index in [2.05, 4.69) is 10.6 Å². The van der Waals surface area contributed by atoms with E-state index in [0.717, 1.165) is 16.8 Å². The van der Waals surface area contributed by atoms with Crippen molar-refractivity contribution in [3.63, 3.8) is 0 Å². The third-order valence-corrected chi connectivity index (χ3v) is 4.88. The molecule has 28 heavy (non-hydrogen) atoms. The maximum absolute atomic E-state index is 11.9. The van der Waals surface area contributed by atoms with Crippen molar-refractivity contribution in [1.82, 2.24) is 5.32 Å². The number of rotatable bonds is 10. The first-order valence-electron chi connectivity index (χ1n) is 8.93. The number of carbonyl (C=O) groups is 2. The third-order valence-electron chi connectivity index (χ3n) is 3.95. The lowest BCUT2D eigenvalue weighted by Gasteiger charge is -2.10. The van der Waals surface area contributed by atoms with Crippen LogP contribution in [-0.2, 0) is 16.0 Å². The molecule has 2 rings (SSSR count). The predicted molar refractivity (Wildman–Crippen MR) is 113 cm³/mol. The molecule has 0 aliphatic rings. The van der Waals surface area contributed by atoms with Crippen LogP contribution in [0.5, 0.6) is 11.5 Å². The molecule has 150 valence electrons. The third kappa shape index (κ3) is 7.15. The standard InChI is InChI=1S/C21H26N2O4S/c1-15-5-4-6-17(11-15)23-21(25)14-28-13-20(24)22-10-9-16-7-8-18(26-2)19(12-16)27-3/h4-8,11-12H,9-10,13-14H2,1-3H3,(H,22,24)(H,23,25). The van der Waals surface area contributed by atoms with E-state index in [9.17, 15) is 9.59 Å². The van der Waals surface area contributed by atoms with Gasteiger partial charge < -0.3 is 20.1 Å². The van der Waals surface area contributed by atoms with Gasteiger partial charge in [0.1, 0.15) is 0 Å². The quantitative estimate of drug-likeness (QED) is 0.639. The van der Waals surface area contributed by atoms with E-state index in [1.54, 1.807) is 14.2 Å². The Morgan fingerprint density at radius 2 is 1.71 bits per heavy atom. The SMILES string of the molecule is COc1ccc(CCNC(=O)CSCC(=O)Nc2cccc(C)c2)cc1OC. The van der Waals surface area contributed by atoms with Crippen LogP contribution in [0.3, 0.4) is 0 Å². The van der Waals surface area contributed by atoms with Crippen LogP contribution in [0.1, 0.15) is 11.1 Å². The Hall–Kier alpha value is -2.67. The lowest BCUT2D eigenvalue weighted by atomic mass is 10.1. The normalized spacial score (nSPS) is 10.2. The molecule has 0 fully saturated rings. The number of benzene rings is 2. The second-order valence-corrected chi connectivity index (χ2v) is 7.19. The maximum atomic E-state index is 11.9. The monoisotopic (exact) mass is 402 g/mol. The molecule has 0 saturated carbocycles. The fourth-order valence-electron chi connectivity index (χ4n) is 2.59. The minimum Gasteiger partial charge on any atom is -0.493 e. The molecule has 0 atom stereocenters. The number of thioether (sulfide) groups is 1. The molecule has 2 aromatic carbocycles. The second kappa shape index (κ2) is 11.2. The highest BCUT2D eigenvalue weighted by Crippen LogP contribution is 2.27. The molecule has 6 nitrogen and oxygen atoms in total. The number of methoxy groups -OCH3 is 2. The van der Waals surface area contributed by atoms with Gasteiger partial charge >= 0.3 is 0 Å². The van der Waals surface area contributed by atoms with Crippen LogP contribution in [-0.4, -0.2) is 44.1 Å². The molecule has 2 N–H and O–H groups in total. The van der Waals surface area contributed by atoms with Crippen LogP contribution in [0, 0.1) is 6.92 Å². The van der Waals surface area contributed by atoms with E-state index in [-0.39, 0.29) is 23.3 Å². The Labute approximate surface area is 170 Å². The summed E-state index contributed by atoms with van der Waals surface area (Å²) in [5.41, 5.74) is 2.90. The number of hydrogen-bond acceptors (Lipinski definition) is 5. The van der Waals surface area contributed by atoms with Crippen molar-refractivity contribution in [2.24, 2.45) is 0 Å². The van der Waals surface area contributed by atoms with E-state index in [1.165, 1.54) is 11.8 Å². The van der Waals surface area contributed by atoms with E-state index >= 15 is 0 Å². The van der Waals surface area contributed by atoms with Crippen LogP contribution < -0.4 is 20.1 Å². The molecule has 0 radical (unpaired) electrons. The zero-order valence-corrected chi connectivity index (χ0v) is 17.2. The maximum Gasteiger partial charge on any atom is 0.234 e. The zero-order valence-electron chi connectivity index (χ0n) is 16.4. The highest BCUT2D eigenvalue weighted by Gasteiger charge is 2.07. The molecular formula is C21H26N2O4S. The van der Waals surface area contributed by atoms with Crippen molar-refractivity contribution in [2.45, 2.75) is 13.3 Å². The fraction of sp³-hybridized carbons (Fsp3) is 0.333. The number of aryl methyl sites for hydroxylation is 1. The summed E-state index contributed by atoms with van der Waals surface area (Å²) < 4.78 is 10.5. The van der Waals surface area contributed by atoms with Crippen molar-refractivity contribution in [3.8, 4) is 11.5 Å². The second-order valence-electron chi connectivity index (χ2n) is 6.20. The number of anilines is 1. The summed E-state index contributed by atoms with van der Waals surface area (Å²) in [5, 5.41) is 5.69. The smallest absolute Gasteiger partial charge is 0.234 e. The van der Waals surface area contributed by atoms with Gasteiger partial charge in [-0.1, -0.05) is 18.2 Å². The summed E-state index contributed by atoms with van der Waals surface area (Å²) in [6.07, 6.45) is 0.685. The van der Waals surface area contributed by atoms with E-state index < -0.39 is 0 Å². The lowest BCUT2D eigenvalue weighted by molar-refractivity contribution is -0.118. The average molecular weight is 403 g/mol. The Kier molecular flexibility index (Phi) is 8.68. The summed E-state index contributed by atoms with van der Waals surface area (Å²) in [4.78, 5) is 23.9. The first-order chi connectivity index (χ1) is 13.5. The molecule has 0 saturated heterocycles. The van der Waals surface area contributed by atoms with Crippen molar-refractivity contribution in [1.29, 1.82) is 0 Å². The molecule has 7 heteroatoms. The molecule has 0 aliphatic heterocycles. The Morgan fingerprint density at radius 1 is 0.964 bits per heavy atom.